The third kappa shape index (κ3) is 8.53. The van der Waals surface area contributed by atoms with Gasteiger partial charge < -0.3 is 0 Å². The zero-order chi connectivity index (χ0) is 29.3. The fraction of sp³-hybridized carbons (Fsp3) is 0.314. The summed E-state index contributed by atoms with van der Waals surface area (Å²) < 4.78 is 0. The Balaban J connectivity index is 0.000000235. The van der Waals surface area contributed by atoms with Crippen LogP contribution in [0.3, 0.4) is 0 Å². The van der Waals surface area contributed by atoms with Crippen LogP contribution in [0.5, 0.6) is 0 Å². The molecule has 0 saturated carbocycles. The summed E-state index contributed by atoms with van der Waals surface area (Å²) in [7, 11) is 11.0. The second-order valence-electron chi connectivity index (χ2n) is 10.5. The molecule has 0 nitrogen and oxygen atoms in total. The number of fused-ring (bicyclic) bond motifs is 2. The molecule has 0 aromatic heterocycles. The number of halogens is 2. The molecule has 4 heteroatoms. The number of hydrogen-bond acceptors (Lipinski definition) is 0. The fourth-order valence-electron chi connectivity index (χ4n) is 4.97. The van der Waals surface area contributed by atoms with Crippen LogP contribution in [0.2, 0.25) is 13.1 Å². The van der Waals surface area contributed by atoms with Crippen LogP contribution in [0, 0.1) is 41.5 Å². The van der Waals surface area contributed by atoms with Gasteiger partial charge in [-0.05, 0) is 32.3 Å². The molecule has 0 saturated heterocycles. The standard InChI is InChI=1S/C19H19.C14H17.C2H6Si.2ClH.Zr/c1-12-10-17-14(3)13(2)15(4)19(18(17)11-12)16-8-6-5-7-9-16;1-9(2)12-7-13-10(3)5-6-11(4)14(13)8-12;1-3-2;;;/h5-11H,1-4H3;5-9H,1-4H3;1-2H3;2*1H;/q2*-1;;;;+4/p-2. The Labute approximate surface area is 258 Å². The molecular weight excluding hydrogens is 611 g/mol. The van der Waals surface area contributed by atoms with Crippen LogP contribution in [0.1, 0.15) is 58.7 Å². The molecule has 0 bridgehead atoms. The summed E-state index contributed by atoms with van der Waals surface area (Å²) in [6, 6.07) is 24.4. The maximum atomic E-state index is 4.93. The molecule has 0 aliphatic rings. The summed E-state index contributed by atoms with van der Waals surface area (Å²) in [5, 5.41) is 5.64. The van der Waals surface area contributed by atoms with Crippen LogP contribution >= 0.6 is 17.0 Å². The summed E-state index contributed by atoms with van der Waals surface area (Å²) in [5.74, 6) is 0.626. The van der Waals surface area contributed by atoms with E-state index in [0.29, 0.717) is 5.92 Å². The van der Waals surface area contributed by atoms with Gasteiger partial charge in [0.1, 0.15) is 0 Å². The molecule has 2 radical (unpaired) electrons. The minimum atomic E-state index is -0.826. The third-order valence-electron chi connectivity index (χ3n) is 7.28. The summed E-state index contributed by atoms with van der Waals surface area (Å²) in [6.07, 6.45) is 0. The van der Waals surface area contributed by atoms with Gasteiger partial charge >= 0.3 is 37.9 Å². The molecule has 0 N–H and O–H groups in total. The second kappa shape index (κ2) is 16.1. The van der Waals surface area contributed by atoms with Gasteiger partial charge in [-0.1, -0.05) is 106 Å². The van der Waals surface area contributed by atoms with Gasteiger partial charge in [0, 0.05) is 9.52 Å². The van der Waals surface area contributed by atoms with E-state index in [-0.39, 0.29) is 0 Å². The number of aryl methyl sites for hydroxylation is 4. The van der Waals surface area contributed by atoms with E-state index < -0.39 is 20.8 Å². The van der Waals surface area contributed by atoms with E-state index in [1.54, 1.807) is 0 Å². The second-order valence-corrected chi connectivity index (χ2v) is 15.2. The van der Waals surface area contributed by atoms with Gasteiger partial charge in [-0.15, -0.1) is 62.0 Å². The van der Waals surface area contributed by atoms with Crippen LogP contribution < -0.4 is 0 Å². The van der Waals surface area contributed by atoms with Crippen molar-refractivity contribution in [3.05, 3.63) is 106 Å². The zero-order valence-corrected chi connectivity index (χ0v) is 30.2. The Morgan fingerprint density at radius 3 is 1.79 bits per heavy atom. The molecule has 0 amide bonds. The monoisotopic (exact) mass is 650 g/mol. The Morgan fingerprint density at radius 2 is 1.26 bits per heavy atom. The summed E-state index contributed by atoms with van der Waals surface area (Å²) in [6.45, 7) is 22.1. The van der Waals surface area contributed by atoms with Crippen molar-refractivity contribution in [3.8, 4) is 11.1 Å². The number of benzene rings is 3. The third-order valence-corrected chi connectivity index (χ3v) is 7.28. The van der Waals surface area contributed by atoms with Crippen LogP contribution in [0.25, 0.3) is 32.7 Å². The molecule has 0 unspecified atom stereocenters. The first-order chi connectivity index (χ1) is 18.5. The number of hydrogen-bond donors (Lipinski definition) is 0. The van der Waals surface area contributed by atoms with Crippen molar-refractivity contribution in [3.63, 3.8) is 0 Å². The van der Waals surface area contributed by atoms with Crippen molar-refractivity contribution in [1.29, 1.82) is 0 Å². The predicted molar refractivity (Wildman–Crippen MR) is 176 cm³/mol. The van der Waals surface area contributed by atoms with Crippen molar-refractivity contribution in [2.75, 3.05) is 0 Å². The Bertz CT molecular complexity index is 1430. The van der Waals surface area contributed by atoms with Crippen LogP contribution in [-0.2, 0) is 20.8 Å². The van der Waals surface area contributed by atoms with Crippen molar-refractivity contribution in [2.45, 2.75) is 74.4 Å². The molecule has 39 heavy (non-hydrogen) atoms. The molecule has 0 aliphatic heterocycles. The summed E-state index contributed by atoms with van der Waals surface area (Å²) in [4.78, 5) is 0. The maximum absolute atomic E-state index is 4.93. The SMILES string of the molecule is C[Si]C.Cc1cc2c(-c3ccccc3)c(C)c(C)c(C)c2[cH-]1.Cc1ccc(C)c2[cH-]c(C(C)C)cc12.[Cl][Zr+2][Cl]. The Hall–Kier alpha value is -1.44. The van der Waals surface area contributed by atoms with Gasteiger partial charge in [-0.25, -0.2) is 0 Å². The predicted octanol–water partition coefficient (Wildman–Crippen LogP) is 11.9. The van der Waals surface area contributed by atoms with E-state index in [2.05, 4.69) is 135 Å². The molecule has 0 aliphatic carbocycles. The van der Waals surface area contributed by atoms with E-state index in [1.165, 1.54) is 71.6 Å². The molecule has 0 atom stereocenters. The number of rotatable bonds is 2. The van der Waals surface area contributed by atoms with Crippen molar-refractivity contribution in [1.82, 2.24) is 0 Å². The normalized spacial score (nSPS) is 10.3. The molecular formula is C35H42Cl2SiZr. The summed E-state index contributed by atoms with van der Waals surface area (Å²) >= 11 is -0.826. The molecule has 5 aromatic rings. The van der Waals surface area contributed by atoms with Gasteiger partial charge in [0.25, 0.3) is 0 Å². The quantitative estimate of drug-likeness (QED) is 0.131. The zero-order valence-electron chi connectivity index (χ0n) is 25.2. The van der Waals surface area contributed by atoms with Crippen LogP contribution in [-0.4, -0.2) is 9.52 Å². The van der Waals surface area contributed by atoms with E-state index in [4.69, 9.17) is 17.0 Å². The van der Waals surface area contributed by atoms with Gasteiger partial charge in [0.05, 0.1) is 0 Å². The topological polar surface area (TPSA) is 0 Å². The molecule has 5 rings (SSSR count). The van der Waals surface area contributed by atoms with Crippen molar-refractivity contribution < 1.29 is 20.8 Å². The van der Waals surface area contributed by atoms with E-state index in [0.717, 1.165) is 9.52 Å². The minimum absolute atomic E-state index is 0.626. The van der Waals surface area contributed by atoms with Crippen molar-refractivity contribution >= 4 is 48.1 Å². The van der Waals surface area contributed by atoms with E-state index in [9.17, 15) is 0 Å². The van der Waals surface area contributed by atoms with Gasteiger partial charge in [0.2, 0.25) is 0 Å². The first kappa shape index (κ1) is 33.8. The fourth-order valence-corrected chi connectivity index (χ4v) is 4.97. The average molecular weight is 653 g/mol. The first-order valence-electron chi connectivity index (χ1n) is 13.5. The van der Waals surface area contributed by atoms with Gasteiger partial charge in [-0.3, -0.25) is 0 Å². The van der Waals surface area contributed by atoms with E-state index >= 15 is 0 Å². The van der Waals surface area contributed by atoms with Gasteiger partial charge in [0.15, 0.2) is 0 Å². The molecule has 0 fully saturated rings. The first-order valence-corrected chi connectivity index (χ1v) is 21.8. The molecule has 204 valence electrons. The average Bonchev–Trinajstić information content (AvgIpc) is 3.53. The molecule has 5 aromatic carbocycles. The van der Waals surface area contributed by atoms with Crippen LogP contribution in [0.4, 0.5) is 0 Å². The van der Waals surface area contributed by atoms with Crippen LogP contribution in [0.15, 0.2) is 66.7 Å². The summed E-state index contributed by atoms with van der Waals surface area (Å²) in [5.41, 5.74) is 12.5. The van der Waals surface area contributed by atoms with Crippen molar-refractivity contribution in [2.24, 2.45) is 0 Å². The molecule has 0 spiro atoms. The van der Waals surface area contributed by atoms with E-state index in [1.807, 2.05) is 0 Å². The Kier molecular flexibility index (Phi) is 14.0. The Morgan fingerprint density at radius 1 is 0.692 bits per heavy atom. The molecule has 0 heterocycles. The van der Waals surface area contributed by atoms with Gasteiger partial charge in [-0.2, -0.15) is 12.1 Å².